The molecule has 0 aromatic heterocycles. The van der Waals surface area contributed by atoms with E-state index in [9.17, 15) is 29.4 Å². The molecule has 2 N–H and O–H groups in total. The van der Waals surface area contributed by atoms with Gasteiger partial charge in [-0.25, -0.2) is 4.90 Å². The normalized spacial score (nSPS) is 28.4. The van der Waals surface area contributed by atoms with Gasteiger partial charge in [0, 0.05) is 12.5 Å². The number of hydrogen-bond donors (Lipinski definition) is 2. The molecule has 4 amide bonds. The van der Waals surface area contributed by atoms with Crippen LogP contribution in [0.4, 0.5) is 5.69 Å². The van der Waals surface area contributed by atoms with E-state index < -0.39 is 35.0 Å². The molecule has 9 nitrogen and oxygen atoms in total. The van der Waals surface area contributed by atoms with E-state index in [-0.39, 0.29) is 41.7 Å². The largest absolute Gasteiger partial charge is 0.508 e. The first-order valence-electron chi connectivity index (χ1n) is 15.9. The minimum atomic E-state index is -1.12. The molecule has 2 aliphatic carbocycles. The quantitative estimate of drug-likeness (QED) is 0.274. The third-order valence-electron chi connectivity index (χ3n) is 10.7. The molecule has 2 heterocycles. The van der Waals surface area contributed by atoms with Crippen LogP contribution in [0.15, 0.2) is 90.5 Å². The smallest absolute Gasteiger partial charge is 0.241 e. The van der Waals surface area contributed by atoms with E-state index >= 15 is 0 Å². The third-order valence-corrected chi connectivity index (χ3v) is 10.7. The summed E-state index contributed by atoms with van der Waals surface area (Å²) in [5.74, 6) is -3.32. The Balaban J connectivity index is 1.26. The monoisotopic (exact) mass is 632 g/mol. The number of imide groups is 2. The van der Waals surface area contributed by atoms with Gasteiger partial charge in [-0.1, -0.05) is 60.2 Å². The number of ether oxygens (including phenoxy) is 1. The van der Waals surface area contributed by atoms with E-state index in [1.807, 2.05) is 31.2 Å². The van der Waals surface area contributed by atoms with Crippen LogP contribution >= 0.6 is 0 Å². The SMILES string of the molecule is COc1cc(C=C[C@H]2C3=CC[C@@H]4C(=O)N(CCc5ccc(O)cc5)C(=O)[C@@H]4[C@@H]3C[C@H]3C(=O)N(c4ccccc4)C(=O)[C@@]23C)ccc1O. The fourth-order valence-electron chi connectivity index (χ4n) is 8.24. The average Bonchev–Trinajstić information content (AvgIpc) is 3.44. The highest BCUT2D eigenvalue weighted by atomic mass is 16.5. The number of para-hydroxylation sites is 1. The molecule has 2 aliphatic heterocycles. The Morgan fingerprint density at radius 3 is 2.38 bits per heavy atom. The maximum Gasteiger partial charge on any atom is 0.241 e. The highest BCUT2D eigenvalue weighted by molar-refractivity contribution is 6.24. The van der Waals surface area contributed by atoms with Crippen LogP contribution < -0.4 is 9.64 Å². The number of phenolic OH excluding ortho intramolecular Hbond substituents is 2. The molecule has 9 heteroatoms. The third kappa shape index (κ3) is 4.83. The molecule has 0 unspecified atom stereocenters. The van der Waals surface area contributed by atoms with Crippen molar-refractivity contribution in [1.82, 2.24) is 4.90 Å². The molecule has 4 aliphatic rings. The van der Waals surface area contributed by atoms with E-state index in [1.165, 1.54) is 23.0 Å². The topological polar surface area (TPSA) is 124 Å². The predicted octanol–water partition coefficient (Wildman–Crippen LogP) is 5.13. The number of carbonyl (C=O) groups excluding carboxylic acids is 4. The Morgan fingerprint density at radius 2 is 1.66 bits per heavy atom. The summed E-state index contributed by atoms with van der Waals surface area (Å²) < 4.78 is 5.29. The van der Waals surface area contributed by atoms with Crippen LogP contribution in [0.3, 0.4) is 0 Å². The van der Waals surface area contributed by atoms with Gasteiger partial charge in [0.15, 0.2) is 11.5 Å². The lowest BCUT2D eigenvalue weighted by atomic mass is 9.52. The van der Waals surface area contributed by atoms with Gasteiger partial charge in [-0.3, -0.25) is 24.1 Å². The van der Waals surface area contributed by atoms with Gasteiger partial charge in [0.25, 0.3) is 0 Å². The van der Waals surface area contributed by atoms with Crippen molar-refractivity contribution in [3.05, 3.63) is 102 Å². The number of benzene rings is 3. The Labute approximate surface area is 272 Å². The van der Waals surface area contributed by atoms with Crippen molar-refractivity contribution in [3.8, 4) is 17.2 Å². The van der Waals surface area contributed by atoms with Crippen molar-refractivity contribution in [2.24, 2.45) is 35.0 Å². The lowest BCUT2D eigenvalue weighted by Gasteiger charge is -2.47. The maximum absolute atomic E-state index is 14.4. The van der Waals surface area contributed by atoms with Crippen LogP contribution in [0, 0.1) is 35.0 Å². The number of amides is 4. The zero-order valence-electron chi connectivity index (χ0n) is 26.2. The highest BCUT2D eigenvalue weighted by Gasteiger charge is 2.66. The number of allylic oxidation sites excluding steroid dienone is 3. The van der Waals surface area contributed by atoms with Crippen molar-refractivity contribution < 1.29 is 34.1 Å². The summed E-state index contributed by atoms with van der Waals surface area (Å²) in [5.41, 5.74) is 1.93. The number of carbonyl (C=O) groups is 4. The summed E-state index contributed by atoms with van der Waals surface area (Å²) in [5, 5.41) is 19.8. The zero-order chi connectivity index (χ0) is 33.0. The number of rotatable bonds is 7. The molecule has 6 atom stereocenters. The first-order chi connectivity index (χ1) is 22.6. The van der Waals surface area contributed by atoms with Crippen molar-refractivity contribution in [1.29, 1.82) is 0 Å². The molecule has 240 valence electrons. The lowest BCUT2D eigenvalue weighted by Crippen LogP contribution is -2.49. The molecule has 3 aromatic carbocycles. The molecule has 0 spiro atoms. The molecule has 2 saturated heterocycles. The lowest BCUT2D eigenvalue weighted by molar-refractivity contribution is -0.140. The van der Waals surface area contributed by atoms with E-state index in [0.29, 0.717) is 30.7 Å². The first-order valence-corrected chi connectivity index (χ1v) is 15.9. The van der Waals surface area contributed by atoms with Crippen LogP contribution in [-0.4, -0.2) is 52.4 Å². The zero-order valence-corrected chi connectivity index (χ0v) is 26.2. The number of fused-ring (bicyclic) bond motifs is 4. The summed E-state index contributed by atoms with van der Waals surface area (Å²) in [6, 6.07) is 20.6. The van der Waals surface area contributed by atoms with Crippen molar-refractivity contribution in [3.63, 3.8) is 0 Å². The van der Waals surface area contributed by atoms with Crippen LogP contribution in [0.5, 0.6) is 17.2 Å². The second-order valence-corrected chi connectivity index (χ2v) is 13.1. The predicted molar refractivity (Wildman–Crippen MR) is 174 cm³/mol. The summed E-state index contributed by atoms with van der Waals surface area (Å²) >= 11 is 0. The van der Waals surface area contributed by atoms with Crippen molar-refractivity contribution in [2.45, 2.75) is 26.2 Å². The van der Waals surface area contributed by atoms with Crippen LogP contribution in [0.1, 0.15) is 30.9 Å². The van der Waals surface area contributed by atoms with Crippen LogP contribution in [0.2, 0.25) is 0 Å². The van der Waals surface area contributed by atoms with Crippen molar-refractivity contribution in [2.75, 3.05) is 18.6 Å². The summed E-state index contributed by atoms with van der Waals surface area (Å²) in [6.07, 6.45) is 6.94. The van der Waals surface area contributed by atoms with Gasteiger partial charge in [-0.2, -0.15) is 0 Å². The minimum Gasteiger partial charge on any atom is -0.508 e. The van der Waals surface area contributed by atoms with E-state index in [2.05, 4.69) is 0 Å². The van der Waals surface area contributed by atoms with E-state index in [0.717, 1.165) is 16.7 Å². The van der Waals surface area contributed by atoms with Crippen molar-refractivity contribution >= 4 is 35.4 Å². The number of methoxy groups -OCH3 is 1. The van der Waals surface area contributed by atoms with Gasteiger partial charge in [0.2, 0.25) is 23.6 Å². The van der Waals surface area contributed by atoms with Gasteiger partial charge >= 0.3 is 0 Å². The molecule has 1 saturated carbocycles. The first kappa shape index (κ1) is 30.5. The van der Waals surface area contributed by atoms with Crippen LogP contribution in [-0.2, 0) is 25.6 Å². The molecule has 7 rings (SSSR count). The number of hydrogen-bond acceptors (Lipinski definition) is 7. The van der Waals surface area contributed by atoms with E-state index in [1.54, 1.807) is 60.7 Å². The highest BCUT2D eigenvalue weighted by Crippen LogP contribution is 2.61. The molecule has 0 bridgehead atoms. The maximum atomic E-state index is 14.4. The standard InChI is InChI=1S/C38H36N2O7/c1-38-29(16-10-23-11-17-31(42)32(20-23)47-2)26-14-15-27-33(36(45)39(34(27)43)19-18-22-8-12-25(41)13-9-22)28(26)21-30(38)35(44)40(37(38)46)24-6-4-3-5-7-24/h3-14,16-17,20,27-30,33,41-42H,15,18-19,21H2,1-2H3/t27-,28+,29-,30-,33-,38-/m0/s1. The number of nitrogens with zero attached hydrogens (tertiary/aromatic N) is 2. The minimum absolute atomic E-state index is 0.00452. The Morgan fingerprint density at radius 1 is 0.915 bits per heavy atom. The molecule has 3 fully saturated rings. The van der Waals surface area contributed by atoms with Gasteiger partial charge in [-0.05, 0) is 79.6 Å². The molecule has 3 aromatic rings. The van der Waals surface area contributed by atoms with Gasteiger partial charge in [0.05, 0.1) is 36.0 Å². The average molecular weight is 633 g/mol. The van der Waals surface area contributed by atoms with Gasteiger partial charge in [-0.15, -0.1) is 0 Å². The number of likely N-dealkylation sites (tertiary alicyclic amines) is 1. The summed E-state index contributed by atoms with van der Waals surface area (Å²) in [6.45, 7) is 2.08. The van der Waals surface area contributed by atoms with Gasteiger partial charge < -0.3 is 14.9 Å². The fourth-order valence-corrected chi connectivity index (χ4v) is 8.24. The van der Waals surface area contributed by atoms with E-state index in [4.69, 9.17) is 4.74 Å². The number of aromatic hydroxyl groups is 2. The summed E-state index contributed by atoms with van der Waals surface area (Å²) in [7, 11) is 1.47. The fraction of sp³-hybridized carbons (Fsp3) is 0.316. The molecular formula is C38H36N2O7. The summed E-state index contributed by atoms with van der Waals surface area (Å²) in [4.78, 5) is 59.0. The second kappa shape index (κ2) is 11.6. The Bertz CT molecular complexity index is 1830. The number of anilines is 1. The molecular weight excluding hydrogens is 596 g/mol. The number of phenols is 2. The molecule has 47 heavy (non-hydrogen) atoms. The Hall–Kier alpha value is -5.18. The molecule has 0 radical (unpaired) electrons. The Kier molecular flexibility index (Phi) is 7.50. The van der Waals surface area contributed by atoms with Crippen LogP contribution in [0.25, 0.3) is 6.08 Å². The van der Waals surface area contributed by atoms with Gasteiger partial charge in [0.1, 0.15) is 5.75 Å². The second-order valence-electron chi connectivity index (χ2n) is 13.1.